The highest BCUT2D eigenvalue weighted by Crippen LogP contribution is 2.31. The largest absolute Gasteiger partial charge is 0.493 e. The molecule has 0 radical (unpaired) electrons. The van der Waals surface area contributed by atoms with Gasteiger partial charge in [-0.15, -0.1) is 0 Å². The zero-order chi connectivity index (χ0) is 22.6. The van der Waals surface area contributed by atoms with Crippen molar-refractivity contribution < 1.29 is 19.4 Å². The number of carbonyl (C=O) groups is 1. The van der Waals surface area contributed by atoms with E-state index in [2.05, 4.69) is 0 Å². The number of benzene rings is 3. The van der Waals surface area contributed by atoms with Gasteiger partial charge in [-0.3, -0.25) is 4.79 Å². The second kappa shape index (κ2) is 9.12. The number of hydrogen-bond donors (Lipinski definition) is 1. The maximum Gasteiger partial charge on any atom is 0.323 e. The van der Waals surface area contributed by atoms with Crippen LogP contribution >= 0.6 is 0 Å². The standard InChI is InChI=1S/C27H24N2O4/c30-27(31)19-29-23-9-2-1-8-21(23)22-13-12-20(18-25(22)29)32-16-7-17-33-26-11-4-3-10-24(26)28-14-5-6-15-28/h1-6,8-15,18H,7,16-17,19H2,(H,30,31). The Kier molecular flexibility index (Phi) is 5.72. The number of para-hydroxylation sites is 3. The van der Waals surface area contributed by atoms with Gasteiger partial charge in [0.1, 0.15) is 18.0 Å². The molecular weight excluding hydrogens is 416 g/mol. The molecule has 3 aromatic carbocycles. The fraction of sp³-hybridized carbons (Fsp3) is 0.148. The Morgan fingerprint density at radius 2 is 1.52 bits per heavy atom. The fourth-order valence-corrected chi connectivity index (χ4v) is 4.14. The number of nitrogens with zero attached hydrogens (tertiary/aromatic N) is 2. The summed E-state index contributed by atoms with van der Waals surface area (Å²) >= 11 is 0. The molecule has 2 heterocycles. The summed E-state index contributed by atoms with van der Waals surface area (Å²) in [6, 6.07) is 25.6. The summed E-state index contributed by atoms with van der Waals surface area (Å²) in [7, 11) is 0. The smallest absolute Gasteiger partial charge is 0.323 e. The maximum atomic E-state index is 11.4. The van der Waals surface area contributed by atoms with Crippen LogP contribution in [0.1, 0.15) is 6.42 Å². The van der Waals surface area contributed by atoms with Gasteiger partial charge < -0.3 is 23.7 Å². The van der Waals surface area contributed by atoms with Crippen LogP contribution in [0.15, 0.2) is 91.3 Å². The lowest BCUT2D eigenvalue weighted by Gasteiger charge is -2.13. The molecule has 6 heteroatoms. The van der Waals surface area contributed by atoms with Gasteiger partial charge in [0.25, 0.3) is 0 Å². The van der Waals surface area contributed by atoms with E-state index in [0.717, 1.165) is 39.7 Å². The van der Waals surface area contributed by atoms with Gasteiger partial charge >= 0.3 is 5.97 Å². The van der Waals surface area contributed by atoms with Crippen LogP contribution in [0.25, 0.3) is 27.5 Å². The first-order valence-corrected chi connectivity index (χ1v) is 10.9. The first kappa shape index (κ1) is 20.7. The maximum absolute atomic E-state index is 11.4. The van der Waals surface area contributed by atoms with Gasteiger partial charge in [-0.2, -0.15) is 0 Å². The molecule has 0 saturated heterocycles. The quantitative estimate of drug-likeness (QED) is 0.307. The molecule has 33 heavy (non-hydrogen) atoms. The minimum absolute atomic E-state index is 0.0951. The molecule has 0 aliphatic carbocycles. The molecule has 1 N–H and O–H groups in total. The van der Waals surface area contributed by atoms with Crippen LogP contribution < -0.4 is 9.47 Å². The van der Waals surface area contributed by atoms with Gasteiger partial charge in [0, 0.05) is 41.2 Å². The van der Waals surface area contributed by atoms with Crippen molar-refractivity contribution in [2.75, 3.05) is 13.2 Å². The van der Waals surface area contributed by atoms with Gasteiger partial charge in [0.2, 0.25) is 0 Å². The minimum atomic E-state index is -0.874. The molecule has 0 saturated carbocycles. The number of carboxylic acid groups (broad SMARTS) is 1. The molecule has 2 aromatic heterocycles. The van der Waals surface area contributed by atoms with Crippen LogP contribution in [0.3, 0.4) is 0 Å². The highest BCUT2D eigenvalue weighted by Gasteiger charge is 2.13. The predicted molar refractivity (Wildman–Crippen MR) is 128 cm³/mol. The number of rotatable bonds is 9. The zero-order valence-corrected chi connectivity index (χ0v) is 18.1. The number of ether oxygens (including phenoxy) is 2. The van der Waals surface area contributed by atoms with Crippen molar-refractivity contribution >= 4 is 27.8 Å². The molecule has 5 rings (SSSR count). The summed E-state index contributed by atoms with van der Waals surface area (Å²) in [5.74, 6) is 0.666. The van der Waals surface area contributed by atoms with E-state index in [9.17, 15) is 9.90 Å². The van der Waals surface area contributed by atoms with Gasteiger partial charge in [-0.1, -0.05) is 30.3 Å². The van der Waals surface area contributed by atoms with Gasteiger partial charge in [-0.25, -0.2) is 0 Å². The van der Waals surface area contributed by atoms with Crippen molar-refractivity contribution in [1.29, 1.82) is 0 Å². The van der Waals surface area contributed by atoms with Crippen molar-refractivity contribution in [2.24, 2.45) is 0 Å². The van der Waals surface area contributed by atoms with Crippen LogP contribution in [0.5, 0.6) is 11.5 Å². The number of hydrogen-bond acceptors (Lipinski definition) is 3. The molecule has 0 amide bonds. The molecule has 6 nitrogen and oxygen atoms in total. The summed E-state index contributed by atoms with van der Waals surface area (Å²) in [4.78, 5) is 11.4. The van der Waals surface area contributed by atoms with E-state index < -0.39 is 5.97 Å². The van der Waals surface area contributed by atoms with Crippen molar-refractivity contribution in [3.63, 3.8) is 0 Å². The Morgan fingerprint density at radius 3 is 2.36 bits per heavy atom. The Morgan fingerprint density at radius 1 is 0.788 bits per heavy atom. The molecular formula is C27H24N2O4. The lowest BCUT2D eigenvalue weighted by Crippen LogP contribution is -2.08. The molecule has 0 bridgehead atoms. The summed E-state index contributed by atoms with van der Waals surface area (Å²) in [5.41, 5.74) is 2.76. The van der Waals surface area contributed by atoms with Crippen molar-refractivity contribution in [1.82, 2.24) is 9.13 Å². The summed E-state index contributed by atoms with van der Waals surface area (Å²) < 4.78 is 15.8. The third-order valence-electron chi connectivity index (χ3n) is 5.60. The first-order valence-electron chi connectivity index (χ1n) is 10.9. The third kappa shape index (κ3) is 4.28. The van der Waals surface area contributed by atoms with E-state index in [-0.39, 0.29) is 6.54 Å². The lowest BCUT2D eigenvalue weighted by atomic mass is 10.1. The van der Waals surface area contributed by atoms with Crippen molar-refractivity contribution in [3.8, 4) is 17.2 Å². The summed E-state index contributed by atoms with van der Waals surface area (Å²) in [6.45, 7) is 0.929. The van der Waals surface area contributed by atoms with Crippen LogP contribution in [0.4, 0.5) is 0 Å². The SMILES string of the molecule is O=C(O)Cn1c2ccccc2c2ccc(OCCCOc3ccccc3-n3cccc3)cc21. The van der Waals surface area contributed by atoms with Crippen LogP contribution in [0.2, 0.25) is 0 Å². The van der Waals surface area contributed by atoms with E-state index in [0.29, 0.717) is 19.0 Å². The monoisotopic (exact) mass is 440 g/mol. The number of aromatic nitrogens is 2. The average molecular weight is 440 g/mol. The topological polar surface area (TPSA) is 65.6 Å². The molecule has 0 fully saturated rings. The van der Waals surface area contributed by atoms with Gasteiger partial charge in [0.15, 0.2) is 0 Å². The average Bonchev–Trinajstić information content (AvgIpc) is 3.46. The predicted octanol–water partition coefficient (Wildman–Crippen LogP) is 5.52. The van der Waals surface area contributed by atoms with Crippen molar-refractivity contribution in [2.45, 2.75) is 13.0 Å². The minimum Gasteiger partial charge on any atom is -0.493 e. The lowest BCUT2D eigenvalue weighted by molar-refractivity contribution is -0.137. The van der Waals surface area contributed by atoms with E-state index in [1.807, 2.05) is 100 Å². The Labute approximate surface area is 191 Å². The second-order valence-electron chi connectivity index (χ2n) is 7.78. The van der Waals surface area contributed by atoms with E-state index in [1.165, 1.54) is 0 Å². The first-order chi connectivity index (χ1) is 16.2. The van der Waals surface area contributed by atoms with E-state index >= 15 is 0 Å². The van der Waals surface area contributed by atoms with E-state index in [4.69, 9.17) is 9.47 Å². The Hall–Kier alpha value is -4.19. The van der Waals surface area contributed by atoms with Gasteiger partial charge in [-0.05, 0) is 42.5 Å². The molecule has 0 aliphatic heterocycles. The highest BCUT2D eigenvalue weighted by atomic mass is 16.5. The molecule has 166 valence electrons. The number of aliphatic carboxylic acids is 1. The molecule has 0 spiro atoms. The second-order valence-corrected chi connectivity index (χ2v) is 7.78. The normalized spacial score (nSPS) is 11.2. The molecule has 0 atom stereocenters. The highest BCUT2D eigenvalue weighted by molar-refractivity contribution is 6.08. The van der Waals surface area contributed by atoms with E-state index in [1.54, 1.807) is 0 Å². The zero-order valence-electron chi connectivity index (χ0n) is 18.1. The van der Waals surface area contributed by atoms with Gasteiger partial charge in [0.05, 0.1) is 24.4 Å². The molecule has 0 unspecified atom stereocenters. The Bertz CT molecular complexity index is 1400. The number of carboxylic acids is 1. The summed E-state index contributed by atoms with van der Waals surface area (Å²) in [5, 5.41) is 11.4. The Balaban J connectivity index is 1.26. The summed E-state index contributed by atoms with van der Waals surface area (Å²) in [6.07, 6.45) is 4.70. The molecule has 0 aliphatic rings. The van der Waals surface area contributed by atoms with Crippen LogP contribution in [0, 0.1) is 0 Å². The van der Waals surface area contributed by atoms with Crippen molar-refractivity contribution in [3.05, 3.63) is 91.3 Å². The third-order valence-corrected chi connectivity index (χ3v) is 5.60. The number of fused-ring (bicyclic) bond motifs is 3. The van der Waals surface area contributed by atoms with Crippen LogP contribution in [-0.2, 0) is 11.3 Å². The molecule has 5 aromatic rings. The van der Waals surface area contributed by atoms with Crippen LogP contribution in [-0.4, -0.2) is 33.4 Å². The fourth-order valence-electron chi connectivity index (χ4n) is 4.14.